The van der Waals surface area contributed by atoms with Crippen molar-refractivity contribution in [3.8, 4) is 6.07 Å². The van der Waals surface area contributed by atoms with Gasteiger partial charge >= 0.3 is 0 Å². The van der Waals surface area contributed by atoms with Gasteiger partial charge in [-0.25, -0.2) is 13.6 Å². The summed E-state index contributed by atoms with van der Waals surface area (Å²) in [4.78, 5) is 17.4. The summed E-state index contributed by atoms with van der Waals surface area (Å²) in [5.41, 5.74) is 2.55. The minimum Gasteiger partial charge on any atom is -0.299 e. The molecule has 2 heterocycles. The maximum absolute atomic E-state index is 12.7. The number of ketones is 1. The number of carbonyl (C=O) groups is 1. The predicted molar refractivity (Wildman–Crippen MR) is 125 cm³/mol. The molecule has 0 unspecified atom stereocenters. The maximum Gasteiger partial charge on any atom is 0.238 e. The highest BCUT2D eigenvalue weighted by Crippen LogP contribution is 2.34. The fourth-order valence-electron chi connectivity index (χ4n) is 4.91. The number of nitrogens with two attached hydrogens (primary N) is 1. The Kier molecular flexibility index (Phi) is 7.11. The second-order valence-corrected chi connectivity index (χ2v) is 11.7. The first-order valence-corrected chi connectivity index (χ1v) is 13.6. The van der Waals surface area contributed by atoms with Crippen molar-refractivity contribution in [2.45, 2.75) is 62.8 Å². The number of sulfonamides is 1. The number of primary sulfonamides is 1. The minimum absolute atomic E-state index is 0.0162. The Hall–Kier alpha value is -2.05. The number of rotatable bonds is 7. The van der Waals surface area contributed by atoms with Crippen molar-refractivity contribution in [2.75, 3.05) is 13.1 Å². The molecule has 0 amide bonds. The van der Waals surface area contributed by atoms with Crippen LogP contribution in [0.1, 0.15) is 58.5 Å². The van der Waals surface area contributed by atoms with Crippen LogP contribution in [0.4, 0.5) is 0 Å². The van der Waals surface area contributed by atoms with Gasteiger partial charge in [-0.15, -0.1) is 11.3 Å². The molecule has 0 atom stereocenters. The Balaban J connectivity index is 1.41. The van der Waals surface area contributed by atoms with Gasteiger partial charge in [0, 0.05) is 42.2 Å². The van der Waals surface area contributed by atoms with Gasteiger partial charge in [0.15, 0.2) is 0 Å². The van der Waals surface area contributed by atoms with Gasteiger partial charge in [0.25, 0.3) is 0 Å². The molecule has 32 heavy (non-hydrogen) atoms. The monoisotopic (exact) mass is 471 g/mol. The Morgan fingerprint density at radius 3 is 2.53 bits per heavy atom. The summed E-state index contributed by atoms with van der Waals surface area (Å²) in [5.74, 6) is 0.790. The topological polar surface area (TPSA) is 104 Å². The molecule has 6 nitrogen and oxygen atoms in total. The zero-order chi connectivity index (χ0) is 22.7. The van der Waals surface area contributed by atoms with Crippen LogP contribution in [0.5, 0.6) is 0 Å². The number of hydrogen-bond acceptors (Lipinski definition) is 6. The SMILES string of the molecule is N#Cc1c(CC(=O)Cc2ccc(S(N)(=O)=O)cc2)sc2c1CN(CC1CCCCC1)CC2. The number of fused-ring (bicyclic) bond motifs is 1. The van der Waals surface area contributed by atoms with E-state index >= 15 is 0 Å². The van der Waals surface area contributed by atoms with Gasteiger partial charge in [-0.3, -0.25) is 9.69 Å². The molecule has 1 aromatic heterocycles. The molecule has 2 N–H and O–H groups in total. The van der Waals surface area contributed by atoms with Crippen LogP contribution < -0.4 is 5.14 Å². The van der Waals surface area contributed by atoms with E-state index in [-0.39, 0.29) is 23.5 Å². The minimum atomic E-state index is -3.75. The van der Waals surface area contributed by atoms with Crippen molar-refractivity contribution < 1.29 is 13.2 Å². The summed E-state index contributed by atoms with van der Waals surface area (Å²) in [6.45, 7) is 2.95. The van der Waals surface area contributed by atoms with Crippen LogP contribution in [-0.2, 0) is 40.6 Å². The van der Waals surface area contributed by atoms with Gasteiger partial charge < -0.3 is 0 Å². The van der Waals surface area contributed by atoms with Crippen LogP contribution in [0.15, 0.2) is 29.2 Å². The highest BCUT2D eigenvalue weighted by molar-refractivity contribution is 7.89. The smallest absolute Gasteiger partial charge is 0.238 e. The first kappa shape index (κ1) is 23.1. The molecule has 0 bridgehead atoms. The Morgan fingerprint density at radius 1 is 1.16 bits per heavy atom. The fraction of sp³-hybridized carbons (Fsp3) is 0.500. The average molecular weight is 472 g/mol. The van der Waals surface area contributed by atoms with Crippen molar-refractivity contribution in [1.82, 2.24) is 4.90 Å². The van der Waals surface area contributed by atoms with Crippen molar-refractivity contribution >= 4 is 27.1 Å². The molecule has 2 aliphatic rings. The van der Waals surface area contributed by atoms with E-state index in [1.54, 1.807) is 23.5 Å². The van der Waals surface area contributed by atoms with Crippen LogP contribution in [0, 0.1) is 17.2 Å². The Labute approximate surface area is 194 Å². The molecular weight excluding hydrogens is 442 g/mol. The molecule has 1 saturated carbocycles. The van der Waals surface area contributed by atoms with Crippen molar-refractivity contribution in [3.05, 3.63) is 50.7 Å². The third kappa shape index (κ3) is 5.46. The van der Waals surface area contributed by atoms with E-state index in [4.69, 9.17) is 5.14 Å². The maximum atomic E-state index is 12.7. The van der Waals surface area contributed by atoms with Crippen LogP contribution in [0.2, 0.25) is 0 Å². The molecule has 0 radical (unpaired) electrons. The second-order valence-electron chi connectivity index (χ2n) is 8.98. The summed E-state index contributed by atoms with van der Waals surface area (Å²) >= 11 is 1.61. The van der Waals surface area contributed by atoms with E-state index in [0.717, 1.165) is 48.0 Å². The third-order valence-corrected chi connectivity index (χ3v) is 8.79. The number of nitriles is 1. The van der Waals surface area contributed by atoms with E-state index in [0.29, 0.717) is 5.56 Å². The van der Waals surface area contributed by atoms with E-state index in [1.807, 2.05) is 0 Å². The highest BCUT2D eigenvalue weighted by atomic mass is 32.2. The number of carbonyl (C=O) groups excluding carboxylic acids is 1. The molecular formula is C24H29N3O3S2. The van der Waals surface area contributed by atoms with Gasteiger partial charge in [0.1, 0.15) is 11.9 Å². The Bertz CT molecular complexity index is 1120. The van der Waals surface area contributed by atoms with Crippen LogP contribution >= 0.6 is 11.3 Å². The lowest BCUT2D eigenvalue weighted by molar-refractivity contribution is -0.117. The summed E-state index contributed by atoms with van der Waals surface area (Å²) in [6.07, 6.45) is 8.05. The van der Waals surface area contributed by atoms with E-state index in [2.05, 4.69) is 11.0 Å². The Morgan fingerprint density at radius 2 is 1.88 bits per heavy atom. The summed E-state index contributed by atoms with van der Waals surface area (Å²) in [7, 11) is -3.75. The molecule has 1 fully saturated rings. The van der Waals surface area contributed by atoms with Crippen LogP contribution in [0.3, 0.4) is 0 Å². The lowest BCUT2D eigenvalue weighted by Crippen LogP contribution is -2.34. The van der Waals surface area contributed by atoms with Crippen LogP contribution in [0.25, 0.3) is 0 Å². The summed E-state index contributed by atoms with van der Waals surface area (Å²) in [5, 5.41) is 15.0. The van der Waals surface area contributed by atoms with Gasteiger partial charge in [-0.2, -0.15) is 5.26 Å². The van der Waals surface area contributed by atoms with Crippen molar-refractivity contribution in [1.29, 1.82) is 5.26 Å². The second kappa shape index (κ2) is 9.84. The standard InChI is InChI=1S/C24H29N3O3S2/c25-14-21-22-16-27(15-18-4-2-1-3-5-18)11-10-23(22)31-24(21)13-19(28)12-17-6-8-20(9-7-17)32(26,29)30/h6-9,18H,1-5,10-13,15-16H2,(H2,26,29,30). The number of thiophene rings is 1. The molecule has 0 saturated heterocycles. The summed E-state index contributed by atoms with van der Waals surface area (Å²) < 4.78 is 22.8. The number of Topliss-reactive ketones (excluding diaryl/α,β-unsaturated/α-hetero) is 1. The molecule has 4 rings (SSSR count). The largest absolute Gasteiger partial charge is 0.299 e. The quantitative estimate of drug-likeness (QED) is 0.665. The average Bonchev–Trinajstić information content (AvgIpc) is 3.10. The first-order valence-electron chi connectivity index (χ1n) is 11.2. The van der Waals surface area contributed by atoms with Gasteiger partial charge in [0.05, 0.1) is 10.5 Å². The molecule has 2 aromatic rings. The third-order valence-electron chi connectivity index (χ3n) is 6.56. The van der Waals surface area contributed by atoms with E-state index in [9.17, 15) is 18.5 Å². The van der Waals surface area contributed by atoms with Crippen LogP contribution in [-0.4, -0.2) is 32.2 Å². The molecule has 1 aliphatic heterocycles. The molecule has 1 aliphatic carbocycles. The lowest BCUT2D eigenvalue weighted by Gasteiger charge is -2.32. The molecule has 1 aromatic carbocycles. The number of benzene rings is 1. The molecule has 8 heteroatoms. The van der Waals surface area contributed by atoms with Crippen molar-refractivity contribution in [2.24, 2.45) is 11.1 Å². The fourth-order valence-corrected chi connectivity index (χ4v) is 6.71. The summed E-state index contributed by atoms with van der Waals surface area (Å²) in [6, 6.07) is 8.45. The zero-order valence-corrected chi connectivity index (χ0v) is 19.8. The lowest BCUT2D eigenvalue weighted by atomic mass is 9.88. The van der Waals surface area contributed by atoms with Gasteiger partial charge in [-0.1, -0.05) is 31.4 Å². The van der Waals surface area contributed by atoms with E-state index in [1.165, 1.54) is 49.1 Å². The predicted octanol–water partition coefficient (Wildman–Crippen LogP) is 3.56. The normalized spacial score (nSPS) is 17.6. The van der Waals surface area contributed by atoms with E-state index < -0.39 is 10.0 Å². The van der Waals surface area contributed by atoms with Gasteiger partial charge in [0.2, 0.25) is 10.0 Å². The number of hydrogen-bond donors (Lipinski definition) is 1. The number of nitrogens with zero attached hydrogens (tertiary/aromatic N) is 2. The highest BCUT2D eigenvalue weighted by Gasteiger charge is 2.27. The zero-order valence-electron chi connectivity index (χ0n) is 18.2. The first-order chi connectivity index (χ1) is 15.3. The molecule has 0 spiro atoms. The molecule has 170 valence electrons. The van der Waals surface area contributed by atoms with Gasteiger partial charge in [-0.05, 0) is 48.4 Å². The van der Waals surface area contributed by atoms with Crippen molar-refractivity contribution in [3.63, 3.8) is 0 Å².